The molecule has 1 saturated heterocycles. The second-order valence-electron chi connectivity index (χ2n) is 9.86. The highest BCUT2D eigenvalue weighted by Crippen LogP contribution is 2.38. The summed E-state index contributed by atoms with van der Waals surface area (Å²) in [6.07, 6.45) is 4.94. The van der Waals surface area contributed by atoms with Crippen LogP contribution in [0.2, 0.25) is 0 Å². The number of anilines is 2. The maximum atomic E-state index is 7.44. The minimum Gasteiger partial charge on any atom is -0.494 e. The Hall–Kier alpha value is -4.96. The summed E-state index contributed by atoms with van der Waals surface area (Å²) in [7, 11) is 3.33. The van der Waals surface area contributed by atoms with Gasteiger partial charge in [0.05, 0.1) is 55.1 Å². The van der Waals surface area contributed by atoms with E-state index >= 15 is 0 Å². The number of benzene rings is 1. The first kappa shape index (κ1) is 26.3. The van der Waals surface area contributed by atoms with E-state index in [1.54, 1.807) is 27.3 Å². The Kier molecular flexibility index (Phi) is 6.98. The van der Waals surface area contributed by atoms with Crippen molar-refractivity contribution in [1.29, 1.82) is 0 Å². The van der Waals surface area contributed by atoms with Gasteiger partial charge in [-0.05, 0) is 56.5 Å². The fourth-order valence-corrected chi connectivity index (χ4v) is 5.10. The average molecular weight is 552 g/mol. The highest BCUT2D eigenvalue weighted by Gasteiger charge is 2.25. The zero-order valence-electron chi connectivity index (χ0n) is 23.3. The van der Waals surface area contributed by atoms with Crippen LogP contribution in [0.25, 0.3) is 27.4 Å². The monoisotopic (exact) mass is 551 g/mol. The van der Waals surface area contributed by atoms with Crippen molar-refractivity contribution in [3.8, 4) is 17.1 Å². The molecule has 5 heterocycles. The Labute approximate surface area is 236 Å². The molecule has 13 nitrogen and oxygen atoms in total. The Bertz CT molecular complexity index is 1780. The lowest BCUT2D eigenvalue weighted by Gasteiger charge is -2.25. The molecule has 0 amide bonds. The van der Waals surface area contributed by atoms with Gasteiger partial charge in [0.2, 0.25) is 5.82 Å². The first-order valence-corrected chi connectivity index (χ1v) is 13.3. The SMILES string of the molecule is [C-]#[N+]c1nc(Cc2cc(Nc3cccc(-c4nnn(C)n4)c3OC)c3nc(C)n(C4CCCCO4)c3n2)cnc1C. The first-order chi connectivity index (χ1) is 19.9. The van der Waals surface area contributed by atoms with Crippen molar-refractivity contribution < 1.29 is 9.47 Å². The smallest absolute Gasteiger partial charge is 0.291 e. The zero-order chi connectivity index (χ0) is 28.5. The molecule has 6 rings (SSSR count). The lowest BCUT2D eigenvalue weighted by molar-refractivity contribution is -0.0309. The second kappa shape index (κ2) is 10.9. The van der Waals surface area contributed by atoms with Crippen LogP contribution in [-0.2, 0) is 18.2 Å². The van der Waals surface area contributed by atoms with Crippen molar-refractivity contribution in [1.82, 2.24) is 44.7 Å². The number of hydrogen-bond acceptors (Lipinski definition) is 10. The number of methoxy groups -OCH3 is 1. The summed E-state index contributed by atoms with van der Waals surface area (Å²) in [6.45, 7) is 11.9. The number of hydrogen-bond donors (Lipinski definition) is 1. The van der Waals surface area contributed by atoms with E-state index in [-0.39, 0.29) is 12.0 Å². The number of nitrogens with one attached hydrogen (secondary N) is 1. The van der Waals surface area contributed by atoms with E-state index in [0.717, 1.165) is 36.5 Å². The molecule has 1 aromatic carbocycles. The molecule has 208 valence electrons. The number of tetrazole rings is 1. The molecule has 0 spiro atoms. The molecule has 41 heavy (non-hydrogen) atoms. The van der Waals surface area contributed by atoms with Crippen molar-refractivity contribution in [2.45, 2.75) is 45.8 Å². The summed E-state index contributed by atoms with van der Waals surface area (Å²) in [5.41, 5.74) is 5.59. The maximum Gasteiger partial charge on any atom is 0.291 e. The van der Waals surface area contributed by atoms with Crippen LogP contribution in [0.4, 0.5) is 17.2 Å². The van der Waals surface area contributed by atoms with Gasteiger partial charge in [-0.2, -0.15) is 4.80 Å². The van der Waals surface area contributed by atoms with Crippen LogP contribution in [0.1, 0.15) is 48.4 Å². The van der Waals surface area contributed by atoms with Gasteiger partial charge in [0.1, 0.15) is 17.6 Å². The van der Waals surface area contributed by atoms with Crippen LogP contribution < -0.4 is 10.1 Å². The number of para-hydroxylation sites is 1. The van der Waals surface area contributed by atoms with Gasteiger partial charge in [0.25, 0.3) is 5.82 Å². The van der Waals surface area contributed by atoms with E-state index in [9.17, 15) is 0 Å². The predicted octanol–water partition coefficient (Wildman–Crippen LogP) is 4.62. The summed E-state index contributed by atoms with van der Waals surface area (Å²) in [5.74, 6) is 2.13. The molecule has 0 radical (unpaired) electrons. The highest BCUT2D eigenvalue weighted by molar-refractivity contribution is 5.90. The van der Waals surface area contributed by atoms with Gasteiger partial charge in [-0.1, -0.05) is 12.6 Å². The van der Waals surface area contributed by atoms with Crippen LogP contribution in [0.3, 0.4) is 0 Å². The molecule has 1 unspecified atom stereocenters. The lowest BCUT2D eigenvalue weighted by Crippen LogP contribution is -2.19. The molecule has 13 heteroatoms. The summed E-state index contributed by atoms with van der Waals surface area (Å²) >= 11 is 0. The van der Waals surface area contributed by atoms with E-state index < -0.39 is 0 Å². The highest BCUT2D eigenvalue weighted by atomic mass is 16.5. The van der Waals surface area contributed by atoms with Crippen molar-refractivity contribution in [2.24, 2.45) is 7.05 Å². The van der Waals surface area contributed by atoms with E-state index in [1.165, 1.54) is 4.80 Å². The lowest BCUT2D eigenvalue weighted by atomic mass is 10.1. The molecular formula is C28H29N11O2. The standard InChI is InChI=1S/C28H29N11O2/c1-16-26(29-3)32-19(15-30-16)13-18-14-22(24-28(33-18)39(17(2)31-24)23-11-6-7-12-41-23)34-21-10-8-9-20(25(21)40-5)27-35-37-38(4)36-27/h8-10,14-15,23H,6-7,11-13H2,1-2,4-5H3,(H,33,34). The molecule has 0 bridgehead atoms. The number of ether oxygens (including phenoxy) is 2. The molecule has 1 aliphatic rings. The van der Waals surface area contributed by atoms with Crippen LogP contribution >= 0.6 is 0 Å². The van der Waals surface area contributed by atoms with Gasteiger partial charge in [-0.15, -0.1) is 15.2 Å². The fraction of sp³-hybridized carbons (Fsp3) is 0.357. The van der Waals surface area contributed by atoms with Crippen molar-refractivity contribution >= 4 is 28.4 Å². The maximum absolute atomic E-state index is 7.44. The minimum atomic E-state index is -0.141. The quantitative estimate of drug-likeness (QED) is 0.285. The topological polar surface area (TPSA) is 135 Å². The van der Waals surface area contributed by atoms with Gasteiger partial charge < -0.3 is 19.6 Å². The molecule has 5 aromatic rings. The molecular weight excluding hydrogens is 522 g/mol. The summed E-state index contributed by atoms with van der Waals surface area (Å²) < 4.78 is 14.0. The Balaban J connectivity index is 1.48. The van der Waals surface area contributed by atoms with Crippen LogP contribution in [0, 0.1) is 20.4 Å². The third kappa shape index (κ3) is 5.05. The number of pyridine rings is 1. The number of fused-ring (bicyclic) bond motifs is 1. The van der Waals surface area contributed by atoms with Gasteiger partial charge in [-0.3, -0.25) is 9.55 Å². The molecule has 1 atom stereocenters. The summed E-state index contributed by atoms with van der Waals surface area (Å²) in [6, 6.07) is 7.67. The number of rotatable bonds is 7. The number of aryl methyl sites for hydroxylation is 3. The van der Waals surface area contributed by atoms with Crippen LogP contribution in [-0.4, -0.2) is 58.4 Å². The second-order valence-corrected chi connectivity index (χ2v) is 9.86. The normalized spacial score (nSPS) is 15.1. The zero-order valence-corrected chi connectivity index (χ0v) is 23.3. The average Bonchev–Trinajstić information content (AvgIpc) is 3.56. The van der Waals surface area contributed by atoms with E-state index in [1.807, 2.05) is 31.2 Å². The molecule has 4 aromatic heterocycles. The largest absolute Gasteiger partial charge is 0.494 e. The van der Waals surface area contributed by atoms with Crippen LogP contribution in [0.5, 0.6) is 5.75 Å². The molecule has 0 aliphatic carbocycles. The first-order valence-electron chi connectivity index (χ1n) is 13.3. The van der Waals surface area contributed by atoms with E-state index in [4.69, 9.17) is 26.0 Å². The number of aromatic nitrogens is 9. The molecule has 0 saturated carbocycles. The third-order valence-corrected chi connectivity index (χ3v) is 7.01. The summed E-state index contributed by atoms with van der Waals surface area (Å²) in [5, 5.41) is 16.0. The Morgan fingerprint density at radius 3 is 2.76 bits per heavy atom. The molecule has 1 fully saturated rings. The van der Waals surface area contributed by atoms with Crippen molar-refractivity contribution in [3.63, 3.8) is 0 Å². The van der Waals surface area contributed by atoms with Crippen LogP contribution in [0.15, 0.2) is 30.5 Å². The third-order valence-electron chi connectivity index (χ3n) is 7.01. The van der Waals surface area contributed by atoms with Crippen molar-refractivity contribution in [3.05, 3.63) is 64.8 Å². The minimum absolute atomic E-state index is 0.141. The van der Waals surface area contributed by atoms with Gasteiger partial charge in [0, 0.05) is 6.61 Å². The predicted molar refractivity (Wildman–Crippen MR) is 151 cm³/mol. The van der Waals surface area contributed by atoms with Gasteiger partial charge in [-0.25, -0.2) is 9.97 Å². The molecule has 1 N–H and O–H groups in total. The molecule has 1 aliphatic heterocycles. The van der Waals surface area contributed by atoms with Crippen molar-refractivity contribution in [2.75, 3.05) is 19.0 Å². The van der Waals surface area contributed by atoms with Gasteiger partial charge >= 0.3 is 0 Å². The Morgan fingerprint density at radius 1 is 1.15 bits per heavy atom. The fourth-order valence-electron chi connectivity index (χ4n) is 5.10. The Morgan fingerprint density at radius 2 is 2.02 bits per heavy atom. The van der Waals surface area contributed by atoms with E-state index in [2.05, 4.69) is 40.1 Å². The number of imidazole rings is 1. The van der Waals surface area contributed by atoms with Gasteiger partial charge in [0.15, 0.2) is 17.1 Å². The number of nitrogens with zero attached hydrogens (tertiary/aromatic N) is 10. The van der Waals surface area contributed by atoms with E-state index in [0.29, 0.717) is 58.4 Å². The summed E-state index contributed by atoms with van der Waals surface area (Å²) in [4.78, 5) is 23.7.